The van der Waals surface area contributed by atoms with E-state index in [1.165, 1.54) is 7.11 Å². The molecule has 30 heavy (non-hydrogen) atoms. The average molecular weight is 429 g/mol. The Balaban J connectivity index is 1.24. The molecule has 1 unspecified atom stereocenters. The normalized spacial score (nSPS) is 23.0. The standard InChI is InChI=1S/C19H24N8O2S/c1-3-27(16-14-4-5-20-15(14)21-10-22-16)13-6-11-8-26(9-12(11)7-13)19(28)24-18-23-17(29-2)25-30-18/h4-5,10-13H,3,6-9H2,1-2H3,(H,20,21,22)(H,23,24,25,28)/t11-,12+,13?. The average Bonchev–Trinajstić information content (AvgIpc) is 3.51. The van der Waals surface area contributed by atoms with Crippen LogP contribution in [0.15, 0.2) is 18.6 Å². The second kappa shape index (κ2) is 7.71. The molecule has 3 aromatic heterocycles. The van der Waals surface area contributed by atoms with Gasteiger partial charge in [-0.3, -0.25) is 5.32 Å². The van der Waals surface area contributed by atoms with E-state index in [1.807, 2.05) is 17.2 Å². The molecule has 3 aromatic rings. The van der Waals surface area contributed by atoms with Crippen molar-refractivity contribution < 1.29 is 9.53 Å². The largest absolute Gasteiger partial charge is 0.466 e. The summed E-state index contributed by atoms with van der Waals surface area (Å²) in [5, 5.41) is 4.36. The van der Waals surface area contributed by atoms with Crippen LogP contribution in [-0.4, -0.2) is 68.0 Å². The highest BCUT2D eigenvalue weighted by Crippen LogP contribution is 2.42. The van der Waals surface area contributed by atoms with E-state index in [1.54, 1.807) is 6.33 Å². The number of aromatic amines is 1. The Morgan fingerprint density at radius 3 is 2.87 bits per heavy atom. The van der Waals surface area contributed by atoms with Gasteiger partial charge in [-0.1, -0.05) is 0 Å². The van der Waals surface area contributed by atoms with Crippen LogP contribution >= 0.6 is 11.5 Å². The van der Waals surface area contributed by atoms with Gasteiger partial charge in [-0.15, -0.1) is 4.37 Å². The Kier molecular flexibility index (Phi) is 4.89. The first-order valence-electron chi connectivity index (χ1n) is 10.1. The van der Waals surface area contributed by atoms with Gasteiger partial charge in [0.25, 0.3) is 0 Å². The number of anilines is 2. The number of H-pyrrole nitrogens is 1. The monoisotopic (exact) mass is 428 g/mol. The smallest absolute Gasteiger partial charge is 0.329 e. The number of aromatic nitrogens is 5. The van der Waals surface area contributed by atoms with Crippen LogP contribution in [0.4, 0.5) is 15.7 Å². The van der Waals surface area contributed by atoms with Gasteiger partial charge in [0.05, 0.1) is 12.5 Å². The summed E-state index contributed by atoms with van der Waals surface area (Å²) in [5.41, 5.74) is 0.868. The zero-order chi connectivity index (χ0) is 20.7. The summed E-state index contributed by atoms with van der Waals surface area (Å²) >= 11 is 1.12. The summed E-state index contributed by atoms with van der Waals surface area (Å²) < 4.78 is 8.99. The summed E-state index contributed by atoms with van der Waals surface area (Å²) in [4.78, 5) is 33.1. The second-order valence-corrected chi connectivity index (χ2v) is 8.54. The topological polar surface area (TPSA) is 112 Å². The lowest BCUT2D eigenvalue weighted by Gasteiger charge is -2.30. The maximum atomic E-state index is 12.6. The molecule has 2 amide bonds. The number of ether oxygens (including phenoxy) is 1. The molecule has 1 saturated carbocycles. The van der Waals surface area contributed by atoms with Gasteiger partial charge in [0.2, 0.25) is 5.13 Å². The van der Waals surface area contributed by atoms with Gasteiger partial charge in [-0.25, -0.2) is 14.8 Å². The molecule has 2 fully saturated rings. The fourth-order valence-electron chi connectivity index (χ4n) is 4.87. The number of methoxy groups -OCH3 is 1. The summed E-state index contributed by atoms with van der Waals surface area (Å²) in [7, 11) is 1.51. The SMILES string of the molecule is CCN(c1ncnc2[nH]ccc12)C1C[C@@H]2CN(C(=O)Nc3nc(OC)ns3)C[C@@H]2C1. The van der Waals surface area contributed by atoms with Gasteiger partial charge in [0, 0.05) is 43.4 Å². The number of fused-ring (bicyclic) bond motifs is 2. The van der Waals surface area contributed by atoms with Crippen molar-refractivity contribution in [1.29, 1.82) is 0 Å². The van der Waals surface area contributed by atoms with Crippen molar-refractivity contribution >= 4 is 39.5 Å². The first-order valence-corrected chi connectivity index (χ1v) is 10.9. The summed E-state index contributed by atoms with van der Waals surface area (Å²) in [6.07, 6.45) is 5.65. The zero-order valence-corrected chi connectivity index (χ0v) is 17.7. The molecule has 1 saturated heterocycles. The highest BCUT2D eigenvalue weighted by molar-refractivity contribution is 7.10. The van der Waals surface area contributed by atoms with Crippen molar-refractivity contribution in [2.24, 2.45) is 11.8 Å². The van der Waals surface area contributed by atoms with E-state index >= 15 is 0 Å². The first kappa shape index (κ1) is 19.0. The number of urea groups is 1. The molecule has 2 N–H and O–H groups in total. The van der Waals surface area contributed by atoms with E-state index in [2.05, 4.69) is 41.4 Å². The number of hydrogen-bond acceptors (Lipinski definition) is 8. The van der Waals surface area contributed by atoms with Gasteiger partial charge in [0.1, 0.15) is 17.8 Å². The third kappa shape index (κ3) is 3.32. The van der Waals surface area contributed by atoms with Crippen LogP contribution in [-0.2, 0) is 0 Å². The minimum atomic E-state index is -0.114. The molecule has 0 aromatic carbocycles. The fourth-order valence-corrected chi connectivity index (χ4v) is 5.40. The van der Waals surface area contributed by atoms with Crippen molar-refractivity contribution in [2.45, 2.75) is 25.8 Å². The number of nitrogens with one attached hydrogen (secondary N) is 2. The maximum Gasteiger partial charge on any atom is 0.329 e. The van der Waals surface area contributed by atoms with E-state index in [-0.39, 0.29) is 12.0 Å². The Bertz CT molecular complexity index is 1040. The van der Waals surface area contributed by atoms with Crippen LogP contribution in [0.1, 0.15) is 19.8 Å². The molecule has 11 heteroatoms. The molecule has 0 radical (unpaired) electrons. The van der Waals surface area contributed by atoms with Crippen LogP contribution in [0, 0.1) is 11.8 Å². The number of carbonyl (C=O) groups excluding carboxylic acids is 1. The zero-order valence-electron chi connectivity index (χ0n) is 16.9. The molecule has 10 nitrogen and oxygen atoms in total. The third-order valence-corrected chi connectivity index (χ3v) is 6.82. The molecule has 1 aliphatic carbocycles. The molecule has 158 valence electrons. The molecule has 5 rings (SSSR count). The molecule has 3 atom stereocenters. The lowest BCUT2D eigenvalue weighted by molar-refractivity contribution is 0.218. The molecule has 2 aliphatic rings. The van der Waals surface area contributed by atoms with Crippen molar-refractivity contribution in [3.8, 4) is 6.01 Å². The van der Waals surface area contributed by atoms with Crippen LogP contribution in [0.3, 0.4) is 0 Å². The Morgan fingerprint density at radius 1 is 1.37 bits per heavy atom. The molecule has 4 heterocycles. The van der Waals surface area contributed by atoms with E-state index < -0.39 is 0 Å². The third-order valence-electron chi connectivity index (χ3n) is 6.20. The Hall–Kier alpha value is -2.95. The fraction of sp³-hybridized carbons (Fsp3) is 0.526. The van der Waals surface area contributed by atoms with Gasteiger partial charge in [0.15, 0.2) is 0 Å². The van der Waals surface area contributed by atoms with Crippen LogP contribution in [0.5, 0.6) is 6.01 Å². The molecular weight excluding hydrogens is 404 g/mol. The van der Waals surface area contributed by atoms with Crippen molar-refractivity contribution in [2.75, 3.05) is 37.0 Å². The van der Waals surface area contributed by atoms with Crippen LogP contribution in [0.25, 0.3) is 11.0 Å². The molecule has 1 aliphatic heterocycles. The second-order valence-electron chi connectivity index (χ2n) is 7.79. The highest BCUT2D eigenvalue weighted by atomic mass is 32.1. The van der Waals surface area contributed by atoms with Gasteiger partial charge in [-0.05, 0) is 37.7 Å². The lowest BCUT2D eigenvalue weighted by atomic mass is 10.0. The van der Waals surface area contributed by atoms with Crippen molar-refractivity contribution in [3.05, 3.63) is 18.6 Å². The number of nitrogens with zero attached hydrogens (tertiary/aromatic N) is 6. The number of carbonyl (C=O) groups is 1. The molecule has 0 bridgehead atoms. The van der Waals surface area contributed by atoms with E-state index in [0.717, 1.165) is 60.9 Å². The van der Waals surface area contributed by atoms with Crippen molar-refractivity contribution in [1.82, 2.24) is 29.2 Å². The predicted octanol–water partition coefficient (Wildman–Crippen LogP) is 2.59. The Morgan fingerprint density at radius 2 is 2.17 bits per heavy atom. The van der Waals surface area contributed by atoms with E-state index in [9.17, 15) is 4.79 Å². The number of likely N-dealkylation sites (tertiary alicyclic amines) is 1. The number of hydrogen-bond donors (Lipinski definition) is 2. The van der Waals surface area contributed by atoms with E-state index in [4.69, 9.17) is 4.74 Å². The summed E-state index contributed by atoms with van der Waals surface area (Å²) in [6, 6.07) is 2.63. The predicted molar refractivity (Wildman–Crippen MR) is 114 cm³/mol. The van der Waals surface area contributed by atoms with Crippen LogP contribution in [0.2, 0.25) is 0 Å². The number of amides is 2. The number of rotatable bonds is 5. The van der Waals surface area contributed by atoms with E-state index in [0.29, 0.717) is 23.0 Å². The lowest BCUT2D eigenvalue weighted by Crippen LogP contribution is -2.38. The molecule has 0 spiro atoms. The minimum absolute atomic E-state index is 0.114. The van der Waals surface area contributed by atoms with Crippen LogP contribution < -0.4 is 15.0 Å². The quantitative estimate of drug-likeness (QED) is 0.642. The van der Waals surface area contributed by atoms with Gasteiger partial charge >= 0.3 is 12.0 Å². The summed E-state index contributed by atoms with van der Waals surface area (Å²) in [5.74, 6) is 2.00. The molecular formula is C19H24N8O2S. The first-order chi connectivity index (χ1) is 14.7. The Labute approximate surface area is 177 Å². The summed E-state index contributed by atoms with van der Waals surface area (Å²) in [6.45, 7) is 4.60. The van der Waals surface area contributed by atoms with Gasteiger partial charge < -0.3 is 19.5 Å². The minimum Gasteiger partial charge on any atom is -0.466 e. The highest BCUT2D eigenvalue weighted by Gasteiger charge is 2.44. The van der Waals surface area contributed by atoms with Gasteiger partial charge in [-0.2, -0.15) is 4.98 Å². The maximum absolute atomic E-state index is 12.6. The van der Waals surface area contributed by atoms with Crippen molar-refractivity contribution in [3.63, 3.8) is 0 Å².